The van der Waals surface area contributed by atoms with Crippen molar-refractivity contribution in [2.24, 2.45) is 82.9 Å². The maximum absolute atomic E-state index is 5.07. The quantitative estimate of drug-likeness (QED) is 0.300. The zero-order valence-corrected chi connectivity index (χ0v) is 87.3. The summed E-state index contributed by atoms with van der Waals surface area (Å²) in [6.45, 7) is 122. The lowest BCUT2D eigenvalue weighted by Gasteiger charge is -2.32. The number of hydrogen-bond acceptors (Lipinski definition) is 5. The molecule has 0 radical (unpaired) electrons. The first-order valence-corrected chi connectivity index (χ1v) is 47.8. The lowest BCUT2D eigenvalue weighted by molar-refractivity contribution is -0.0334. The molecule has 0 N–H and O–H groups in total. The maximum Gasteiger partial charge on any atom is 0.0701 e. The van der Waals surface area contributed by atoms with Crippen LogP contribution >= 0.6 is 0 Å². The predicted molar refractivity (Wildman–Crippen MR) is 521 cm³/mol. The van der Waals surface area contributed by atoms with Crippen LogP contribution in [0.25, 0.3) is 0 Å². The van der Waals surface area contributed by atoms with Crippen molar-refractivity contribution in [1.29, 1.82) is 0 Å². The van der Waals surface area contributed by atoms with E-state index in [2.05, 4.69) is 273 Å². The Labute approximate surface area is 699 Å². The number of ether oxygens (including phenoxy) is 3. The van der Waals surface area contributed by atoms with Gasteiger partial charge in [0.2, 0.25) is 0 Å². The van der Waals surface area contributed by atoms with Crippen LogP contribution in [0.3, 0.4) is 0 Å². The predicted octanol–water partition coefficient (Wildman–Crippen LogP) is 36.9. The molecule has 6 fully saturated rings. The van der Waals surface area contributed by atoms with E-state index in [1.165, 1.54) is 148 Å². The molecule has 4 saturated heterocycles. The summed E-state index contributed by atoms with van der Waals surface area (Å²) in [5, 5.41) is 0. The van der Waals surface area contributed by atoms with E-state index < -0.39 is 0 Å². The summed E-state index contributed by atoms with van der Waals surface area (Å²) < 4.78 is 15.0. The number of likely N-dealkylation sites (tertiary alicyclic amines) is 2. The van der Waals surface area contributed by atoms with E-state index in [-0.39, 0.29) is 0 Å². The largest absolute Gasteiger partial charge is 0.381 e. The average Bonchev–Trinajstić information content (AvgIpc) is 0.900. The first-order chi connectivity index (χ1) is 50.5. The summed E-state index contributed by atoms with van der Waals surface area (Å²) in [4.78, 5) is 5.12. The SMILES string of the molecule is C1CCCCC1.C1CCOCC1.C1COCCO1.CC.CC.CC.CC.CC.CC.CC.CC(C)C.CC(C)C.CC(C)C.CC(C)C.CC(C)C.CC(C)C.CC(C)C.CC(C)C.CC(C)C.CC(C)C.CC(C)C1CCC(C(C)C)CC1.CC(C)N1CCCCC1.CC(C)N1CCCCC1.c1ccccc1. The number of piperidine rings is 2. The molecule has 6 aliphatic rings. The average molecular weight is 1550 g/mol. The Morgan fingerprint density at radius 2 is 0.306 bits per heavy atom. The molecule has 0 atom stereocenters. The molecule has 0 bridgehead atoms. The molecular formula is C103H236N2O3. The summed E-state index contributed by atoms with van der Waals surface area (Å²) in [7, 11) is 0. The maximum atomic E-state index is 5.07. The molecule has 676 valence electrons. The summed E-state index contributed by atoms with van der Waals surface area (Å²) in [6, 6.07) is 13.5. The van der Waals surface area contributed by atoms with Gasteiger partial charge in [0.25, 0.3) is 0 Å². The number of rotatable bonds is 4. The second-order valence-electron chi connectivity index (χ2n) is 35.0. The zero-order chi connectivity index (χ0) is 89.3. The third kappa shape index (κ3) is 269. The topological polar surface area (TPSA) is 34.2 Å². The highest BCUT2D eigenvalue weighted by atomic mass is 16.6. The van der Waals surface area contributed by atoms with Crippen LogP contribution in [0.15, 0.2) is 36.4 Å². The van der Waals surface area contributed by atoms with Gasteiger partial charge in [0.1, 0.15) is 0 Å². The number of hydrogen-bond donors (Lipinski definition) is 0. The first-order valence-electron chi connectivity index (χ1n) is 47.8. The van der Waals surface area contributed by atoms with E-state index >= 15 is 0 Å². The third-order valence-electron chi connectivity index (χ3n) is 11.9. The minimum Gasteiger partial charge on any atom is -0.381 e. The van der Waals surface area contributed by atoms with E-state index in [0.717, 1.165) is 135 Å². The Hall–Kier alpha value is -0.980. The Bertz CT molecular complexity index is 1050. The van der Waals surface area contributed by atoms with Crippen LogP contribution in [-0.2, 0) is 14.2 Å². The van der Waals surface area contributed by atoms with Crippen molar-refractivity contribution < 1.29 is 14.2 Å². The summed E-state index contributed by atoms with van der Waals surface area (Å²) in [6.07, 6.45) is 27.4. The van der Waals surface area contributed by atoms with Gasteiger partial charge >= 0.3 is 0 Å². The van der Waals surface area contributed by atoms with Gasteiger partial charge in [0.15, 0.2) is 0 Å². The summed E-state index contributed by atoms with van der Waals surface area (Å²) in [5.74, 6) is 12.2. The fourth-order valence-corrected chi connectivity index (χ4v) is 7.92. The molecule has 4 aliphatic heterocycles. The van der Waals surface area contributed by atoms with Crippen molar-refractivity contribution in [2.45, 2.75) is 494 Å². The highest BCUT2D eigenvalue weighted by molar-refractivity contribution is 4.99. The molecule has 2 aliphatic carbocycles. The number of nitrogens with zero attached hydrogens (tertiary/aromatic N) is 2. The van der Waals surface area contributed by atoms with Crippen LogP contribution in [0, 0.1) is 82.9 Å². The van der Waals surface area contributed by atoms with E-state index in [0.29, 0.717) is 0 Å². The lowest BCUT2D eigenvalue weighted by Crippen LogP contribution is -2.35. The monoisotopic (exact) mass is 1550 g/mol. The van der Waals surface area contributed by atoms with Gasteiger partial charge in [-0.3, -0.25) is 0 Å². The molecular weight excluding hydrogens is 1310 g/mol. The van der Waals surface area contributed by atoms with Crippen LogP contribution in [0.1, 0.15) is 482 Å². The van der Waals surface area contributed by atoms with Crippen molar-refractivity contribution in [1.82, 2.24) is 9.80 Å². The van der Waals surface area contributed by atoms with Crippen molar-refractivity contribution in [3.63, 3.8) is 0 Å². The second kappa shape index (κ2) is 141. The van der Waals surface area contributed by atoms with Gasteiger partial charge in [-0.25, -0.2) is 0 Å². The van der Waals surface area contributed by atoms with E-state index in [9.17, 15) is 0 Å². The van der Waals surface area contributed by atoms with E-state index in [1.807, 2.05) is 133 Å². The Balaban J connectivity index is -0.0000000544. The molecule has 1 aromatic carbocycles. The van der Waals surface area contributed by atoms with Crippen molar-refractivity contribution in [3.05, 3.63) is 36.4 Å². The molecule has 5 heteroatoms. The van der Waals surface area contributed by atoms with Crippen LogP contribution < -0.4 is 0 Å². The Kier molecular flexibility index (Phi) is 194. The highest BCUT2D eigenvalue weighted by Crippen LogP contribution is 2.36. The zero-order valence-electron chi connectivity index (χ0n) is 87.3. The normalized spacial score (nSPS) is 15.5. The standard InChI is InChI=1S/C12H24.2C8H17N.C6H12.C6H6.C5H10O.C4H8O2.10C4H10.7C2H6/c1-9(2)11-5-7-12(8-6-11)10(3)4;2*1-8(2)9-6-4-3-5-7-9;3*1-2-4-6-5-3-1;1-2-6-4-3-5-1;10*1-4(2)3;7*1-2/h9-12H,5-8H2,1-4H3;2*8H,3-7H2,1-2H3;1-6H2;1-6H;1-5H2;1-4H2;10*4H,1-3H3;7*1-2H3. The smallest absolute Gasteiger partial charge is 0.0701 e. The van der Waals surface area contributed by atoms with Gasteiger partial charge < -0.3 is 24.0 Å². The third-order valence-corrected chi connectivity index (χ3v) is 11.9. The molecule has 5 nitrogen and oxygen atoms in total. The van der Waals surface area contributed by atoms with Crippen LogP contribution in [-0.4, -0.2) is 87.7 Å². The minimum atomic E-state index is 0.769. The van der Waals surface area contributed by atoms with Crippen molar-refractivity contribution in [2.75, 3.05) is 65.8 Å². The van der Waals surface area contributed by atoms with Gasteiger partial charge in [-0.05, 0) is 207 Å². The van der Waals surface area contributed by atoms with Crippen molar-refractivity contribution >= 4 is 0 Å². The van der Waals surface area contributed by atoms with Crippen LogP contribution in [0.2, 0.25) is 0 Å². The molecule has 7 rings (SSSR count). The van der Waals surface area contributed by atoms with Gasteiger partial charge in [0.05, 0.1) is 26.4 Å². The van der Waals surface area contributed by atoms with Gasteiger partial charge in [0, 0.05) is 25.3 Å². The molecule has 0 spiro atoms. The molecule has 0 unspecified atom stereocenters. The Morgan fingerprint density at radius 1 is 0.185 bits per heavy atom. The molecule has 1 aromatic rings. The number of benzene rings is 1. The highest BCUT2D eigenvalue weighted by Gasteiger charge is 2.24. The molecule has 0 aromatic heterocycles. The minimum absolute atomic E-state index is 0.769. The van der Waals surface area contributed by atoms with Crippen LogP contribution in [0.4, 0.5) is 0 Å². The molecule has 108 heavy (non-hydrogen) atoms. The molecule has 4 heterocycles. The van der Waals surface area contributed by atoms with Gasteiger partial charge in [-0.1, -0.05) is 420 Å². The lowest BCUT2D eigenvalue weighted by atomic mass is 9.73. The summed E-state index contributed by atoms with van der Waals surface area (Å²) in [5.41, 5.74) is 0. The molecule has 2 saturated carbocycles. The summed E-state index contributed by atoms with van der Waals surface area (Å²) >= 11 is 0. The Morgan fingerprint density at radius 3 is 0.389 bits per heavy atom. The van der Waals surface area contributed by atoms with Crippen molar-refractivity contribution in [3.8, 4) is 0 Å². The van der Waals surface area contributed by atoms with Gasteiger partial charge in [-0.2, -0.15) is 0 Å². The fourth-order valence-electron chi connectivity index (χ4n) is 7.92. The van der Waals surface area contributed by atoms with Crippen LogP contribution in [0.5, 0.6) is 0 Å². The second-order valence-corrected chi connectivity index (χ2v) is 35.0. The fraction of sp³-hybridized carbons (Fsp3) is 0.942. The van der Waals surface area contributed by atoms with Gasteiger partial charge in [-0.15, -0.1) is 0 Å². The first kappa shape index (κ1) is 148. The molecule has 0 amide bonds. The van der Waals surface area contributed by atoms with E-state index in [4.69, 9.17) is 14.2 Å². The van der Waals surface area contributed by atoms with E-state index in [1.54, 1.807) is 0 Å².